The Kier molecular flexibility index (Phi) is 7.38. The number of nitrogens with zero attached hydrogens (tertiary/aromatic N) is 4. The van der Waals surface area contributed by atoms with E-state index in [1.807, 2.05) is 28.0 Å². The lowest BCUT2D eigenvalue weighted by Crippen LogP contribution is -2.54. The number of hydrogen-bond donors (Lipinski definition) is 1. The minimum absolute atomic E-state index is 0. The first kappa shape index (κ1) is 21.9. The van der Waals surface area contributed by atoms with Gasteiger partial charge in [-0.3, -0.25) is 9.59 Å². The van der Waals surface area contributed by atoms with Gasteiger partial charge in [0.1, 0.15) is 0 Å². The van der Waals surface area contributed by atoms with Crippen LogP contribution in [0.4, 0.5) is 5.69 Å². The summed E-state index contributed by atoms with van der Waals surface area (Å²) in [7, 11) is 2.14. The van der Waals surface area contributed by atoms with E-state index in [2.05, 4.69) is 28.2 Å². The van der Waals surface area contributed by atoms with E-state index in [9.17, 15) is 9.59 Å². The average Bonchev–Trinajstić information content (AvgIpc) is 3.28. The molecule has 160 valence electrons. The van der Waals surface area contributed by atoms with E-state index in [4.69, 9.17) is 0 Å². The third-order valence-electron chi connectivity index (χ3n) is 6.20. The summed E-state index contributed by atoms with van der Waals surface area (Å²) in [6.07, 6.45) is 2.00. The fraction of sp³-hybridized carbons (Fsp3) is 0.619. The summed E-state index contributed by atoms with van der Waals surface area (Å²) in [5.41, 5.74) is 1.87. The predicted molar refractivity (Wildman–Crippen MR) is 117 cm³/mol. The molecule has 0 saturated carbocycles. The molecule has 0 aliphatic carbocycles. The Bertz CT molecular complexity index is 709. The standard InChI is InChI=1S/C21H31N5O2.ClH/c1-23-8-10-24(11-9-23)18-5-2-4-17(16-18)20(27)25-12-14-26(15-13-25)21(28)19-6-3-7-22-19;/h2,4-5,16,19,22H,3,6-15H2,1H3;1H/t19-;/m0./s1. The normalized spacial score (nSPS) is 23.1. The van der Waals surface area contributed by atoms with Gasteiger partial charge in [-0.05, 0) is 44.6 Å². The van der Waals surface area contributed by atoms with Crippen LogP contribution in [0.5, 0.6) is 0 Å². The molecule has 2 amide bonds. The van der Waals surface area contributed by atoms with Crippen molar-refractivity contribution in [3.05, 3.63) is 29.8 Å². The van der Waals surface area contributed by atoms with E-state index in [0.717, 1.165) is 56.8 Å². The van der Waals surface area contributed by atoms with Crippen LogP contribution >= 0.6 is 12.4 Å². The third-order valence-corrected chi connectivity index (χ3v) is 6.20. The van der Waals surface area contributed by atoms with Crippen LogP contribution < -0.4 is 10.2 Å². The van der Waals surface area contributed by atoms with Gasteiger partial charge in [0.2, 0.25) is 5.91 Å². The van der Waals surface area contributed by atoms with Crippen molar-refractivity contribution in [3.8, 4) is 0 Å². The summed E-state index contributed by atoms with van der Waals surface area (Å²) in [5.74, 6) is 0.267. The van der Waals surface area contributed by atoms with Crippen molar-refractivity contribution < 1.29 is 9.59 Å². The summed E-state index contributed by atoms with van der Waals surface area (Å²) in [6.45, 7) is 7.47. The number of anilines is 1. The second-order valence-electron chi connectivity index (χ2n) is 8.11. The molecule has 3 saturated heterocycles. The molecule has 3 aliphatic rings. The third kappa shape index (κ3) is 5.02. The second kappa shape index (κ2) is 9.78. The molecule has 1 aromatic carbocycles. The molecule has 1 N–H and O–H groups in total. The van der Waals surface area contributed by atoms with E-state index < -0.39 is 0 Å². The summed E-state index contributed by atoms with van der Waals surface area (Å²) < 4.78 is 0. The number of halogens is 1. The van der Waals surface area contributed by atoms with Crippen LogP contribution in [0.1, 0.15) is 23.2 Å². The molecule has 1 aromatic rings. The molecule has 4 rings (SSSR count). The molecule has 29 heavy (non-hydrogen) atoms. The summed E-state index contributed by atoms with van der Waals surface area (Å²) >= 11 is 0. The fourth-order valence-electron chi connectivity index (χ4n) is 4.33. The van der Waals surface area contributed by atoms with Crippen molar-refractivity contribution in [1.29, 1.82) is 0 Å². The molecule has 0 spiro atoms. The van der Waals surface area contributed by atoms with E-state index in [1.165, 1.54) is 0 Å². The highest BCUT2D eigenvalue weighted by molar-refractivity contribution is 5.95. The molecule has 3 heterocycles. The van der Waals surface area contributed by atoms with Gasteiger partial charge < -0.3 is 24.9 Å². The van der Waals surface area contributed by atoms with E-state index >= 15 is 0 Å². The Morgan fingerprint density at radius 2 is 1.66 bits per heavy atom. The summed E-state index contributed by atoms with van der Waals surface area (Å²) in [5, 5.41) is 3.27. The van der Waals surface area contributed by atoms with Gasteiger partial charge in [0.15, 0.2) is 0 Å². The monoisotopic (exact) mass is 421 g/mol. The number of carbonyl (C=O) groups is 2. The highest BCUT2D eigenvalue weighted by Gasteiger charge is 2.30. The zero-order valence-corrected chi connectivity index (χ0v) is 18.0. The molecule has 3 aliphatic heterocycles. The first-order valence-electron chi connectivity index (χ1n) is 10.5. The second-order valence-corrected chi connectivity index (χ2v) is 8.11. The minimum atomic E-state index is -0.0254. The lowest BCUT2D eigenvalue weighted by atomic mass is 10.1. The van der Waals surface area contributed by atoms with Crippen molar-refractivity contribution in [1.82, 2.24) is 20.0 Å². The molecule has 7 nitrogen and oxygen atoms in total. The van der Waals surface area contributed by atoms with Crippen molar-refractivity contribution in [2.24, 2.45) is 0 Å². The number of rotatable bonds is 3. The Balaban J connectivity index is 0.00000240. The summed E-state index contributed by atoms with van der Waals surface area (Å²) in [4.78, 5) is 34.0. The van der Waals surface area contributed by atoms with Gasteiger partial charge in [-0.15, -0.1) is 12.4 Å². The topological polar surface area (TPSA) is 59.1 Å². The highest BCUT2D eigenvalue weighted by Crippen LogP contribution is 2.20. The van der Waals surface area contributed by atoms with Crippen LogP contribution in [0.2, 0.25) is 0 Å². The highest BCUT2D eigenvalue weighted by atomic mass is 35.5. The number of hydrogen-bond acceptors (Lipinski definition) is 5. The van der Waals surface area contributed by atoms with Crippen LogP contribution in [0, 0.1) is 0 Å². The van der Waals surface area contributed by atoms with Crippen LogP contribution in [0.15, 0.2) is 24.3 Å². The largest absolute Gasteiger partial charge is 0.369 e. The maximum atomic E-state index is 13.0. The van der Waals surface area contributed by atoms with Crippen molar-refractivity contribution in [2.45, 2.75) is 18.9 Å². The van der Waals surface area contributed by atoms with Crippen LogP contribution in [-0.2, 0) is 4.79 Å². The van der Waals surface area contributed by atoms with Gasteiger partial charge in [-0.1, -0.05) is 6.07 Å². The Morgan fingerprint density at radius 3 is 2.31 bits per heavy atom. The minimum Gasteiger partial charge on any atom is -0.369 e. The predicted octanol–water partition coefficient (Wildman–Crippen LogP) is 0.897. The zero-order valence-electron chi connectivity index (χ0n) is 17.2. The molecule has 1 atom stereocenters. The number of piperazine rings is 2. The SMILES string of the molecule is CN1CCN(c2cccc(C(=O)N3CCN(C(=O)[C@@H]4CCCN4)CC3)c2)CC1.Cl. The molecular formula is C21H32ClN5O2. The van der Waals surface area contributed by atoms with E-state index in [1.54, 1.807) is 0 Å². The number of benzene rings is 1. The van der Waals surface area contributed by atoms with Crippen LogP contribution in [-0.4, -0.2) is 98.5 Å². The van der Waals surface area contributed by atoms with E-state index in [-0.39, 0.29) is 30.3 Å². The van der Waals surface area contributed by atoms with Crippen LogP contribution in [0.3, 0.4) is 0 Å². The zero-order chi connectivity index (χ0) is 19.5. The first-order valence-corrected chi connectivity index (χ1v) is 10.5. The summed E-state index contributed by atoms with van der Waals surface area (Å²) in [6, 6.07) is 7.97. The molecule has 0 unspecified atom stereocenters. The first-order chi connectivity index (χ1) is 13.6. The maximum absolute atomic E-state index is 13.0. The molecule has 0 aromatic heterocycles. The number of carbonyl (C=O) groups excluding carboxylic acids is 2. The Labute approximate surface area is 179 Å². The Morgan fingerprint density at radius 1 is 0.966 bits per heavy atom. The Hall–Kier alpha value is -1.83. The quantitative estimate of drug-likeness (QED) is 0.785. The van der Waals surface area contributed by atoms with Gasteiger partial charge in [0.05, 0.1) is 6.04 Å². The lowest BCUT2D eigenvalue weighted by molar-refractivity contribution is -0.134. The maximum Gasteiger partial charge on any atom is 0.254 e. The smallest absolute Gasteiger partial charge is 0.254 e. The van der Waals surface area contributed by atoms with Gasteiger partial charge in [-0.25, -0.2) is 0 Å². The van der Waals surface area contributed by atoms with E-state index in [0.29, 0.717) is 26.2 Å². The van der Waals surface area contributed by atoms with Crippen LogP contribution in [0.25, 0.3) is 0 Å². The van der Waals surface area contributed by atoms with Gasteiger partial charge in [0, 0.05) is 63.6 Å². The average molecular weight is 422 g/mol. The molecule has 0 bridgehead atoms. The van der Waals surface area contributed by atoms with Crippen molar-refractivity contribution in [3.63, 3.8) is 0 Å². The molecule has 8 heteroatoms. The van der Waals surface area contributed by atoms with Crippen molar-refractivity contribution >= 4 is 29.9 Å². The number of likely N-dealkylation sites (N-methyl/N-ethyl adjacent to an activating group) is 1. The van der Waals surface area contributed by atoms with Crippen molar-refractivity contribution in [2.75, 3.05) is 70.9 Å². The molecular weight excluding hydrogens is 390 g/mol. The number of nitrogens with one attached hydrogen (secondary N) is 1. The molecule has 0 radical (unpaired) electrons. The van der Waals surface area contributed by atoms with Gasteiger partial charge in [0.25, 0.3) is 5.91 Å². The molecule has 3 fully saturated rings. The lowest BCUT2D eigenvalue weighted by Gasteiger charge is -2.36. The van der Waals surface area contributed by atoms with Gasteiger partial charge in [-0.2, -0.15) is 0 Å². The number of amides is 2. The fourth-order valence-corrected chi connectivity index (χ4v) is 4.33. The van der Waals surface area contributed by atoms with Gasteiger partial charge >= 0.3 is 0 Å².